The molecule has 0 atom stereocenters. The Morgan fingerprint density at radius 3 is 2.80 bits per heavy atom. The third-order valence-electron chi connectivity index (χ3n) is 3.08. The van der Waals surface area contributed by atoms with E-state index in [2.05, 4.69) is 10.5 Å². The molecule has 0 radical (unpaired) electrons. The predicted octanol–water partition coefficient (Wildman–Crippen LogP) is 2.16. The monoisotopic (exact) mass is 362 g/mol. The Morgan fingerprint density at radius 2 is 2.12 bits per heavy atom. The fourth-order valence-electron chi connectivity index (χ4n) is 1.89. The van der Waals surface area contributed by atoms with Crippen molar-refractivity contribution >= 4 is 29.4 Å². The summed E-state index contributed by atoms with van der Waals surface area (Å²) >= 11 is 5.83. The van der Waals surface area contributed by atoms with Gasteiger partial charge in [-0.25, -0.2) is 5.43 Å². The fourth-order valence-corrected chi connectivity index (χ4v) is 2.11. The van der Waals surface area contributed by atoms with Crippen LogP contribution in [-0.4, -0.2) is 23.7 Å². The molecule has 2 aromatic carbocycles. The van der Waals surface area contributed by atoms with Crippen LogP contribution < -0.4 is 15.3 Å². The van der Waals surface area contributed by atoms with Crippen LogP contribution in [0.5, 0.6) is 11.5 Å². The molecule has 0 saturated heterocycles. The molecule has 0 aliphatic heterocycles. The van der Waals surface area contributed by atoms with E-state index in [9.17, 15) is 20.0 Å². The van der Waals surface area contributed by atoms with Crippen molar-refractivity contribution in [3.05, 3.63) is 62.7 Å². The molecule has 1 N–H and O–H groups in total. The summed E-state index contributed by atoms with van der Waals surface area (Å²) in [4.78, 5) is 21.6. The highest BCUT2D eigenvalue weighted by Crippen LogP contribution is 2.23. The minimum Gasteiger partial charge on any atom is -0.868 e. The summed E-state index contributed by atoms with van der Waals surface area (Å²) in [5.41, 5.74) is 2.76. The van der Waals surface area contributed by atoms with Crippen molar-refractivity contribution in [2.45, 2.75) is 6.92 Å². The number of carbonyl (C=O) groups is 1. The van der Waals surface area contributed by atoms with E-state index >= 15 is 0 Å². The zero-order chi connectivity index (χ0) is 18.4. The number of ether oxygens (including phenoxy) is 1. The first-order chi connectivity index (χ1) is 11.9. The van der Waals surface area contributed by atoms with Gasteiger partial charge >= 0.3 is 0 Å². The Morgan fingerprint density at radius 1 is 1.36 bits per heavy atom. The summed E-state index contributed by atoms with van der Waals surface area (Å²) < 4.78 is 5.35. The number of nitrogens with one attached hydrogen (secondary N) is 1. The van der Waals surface area contributed by atoms with Gasteiger partial charge in [0.15, 0.2) is 6.61 Å². The van der Waals surface area contributed by atoms with E-state index in [4.69, 9.17) is 16.3 Å². The molecule has 25 heavy (non-hydrogen) atoms. The van der Waals surface area contributed by atoms with Crippen LogP contribution in [0, 0.1) is 17.0 Å². The number of carbonyl (C=O) groups excluding carboxylic acids is 1. The van der Waals surface area contributed by atoms with E-state index in [1.807, 2.05) is 0 Å². The summed E-state index contributed by atoms with van der Waals surface area (Å²) in [5, 5.41) is 26.2. The van der Waals surface area contributed by atoms with Crippen molar-refractivity contribution in [1.29, 1.82) is 0 Å². The maximum absolute atomic E-state index is 11.7. The van der Waals surface area contributed by atoms with Crippen LogP contribution in [0.4, 0.5) is 5.69 Å². The molecule has 0 saturated carbocycles. The van der Waals surface area contributed by atoms with Crippen LogP contribution in [0.1, 0.15) is 11.1 Å². The van der Waals surface area contributed by atoms with Crippen molar-refractivity contribution in [3.8, 4) is 11.5 Å². The molecule has 0 aliphatic carbocycles. The van der Waals surface area contributed by atoms with Gasteiger partial charge in [0.05, 0.1) is 11.1 Å². The number of nitro groups is 1. The summed E-state index contributed by atoms with van der Waals surface area (Å²) in [6.45, 7) is 1.53. The van der Waals surface area contributed by atoms with E-state index in [1.165, 1.54) is 12.3 Å². The molecular formula is C16H13ClN3O5-. The Kier molecular flexibility index (Phi) is 5.91. The lowest BCUT2D eigenvalue weighted by Gasteiger charge is -2.08. The number of hydrogen-bond acceptors (Lipinski definition) is 6. The molecule has 0 aromatic heterocycles. The number of rotatable bonds is 6. The second-order valence-electron chi connectivity index (χ2n) is 4.98. The smallest absolute Gasteiger partial charge is 0.277 e. The van der Waals surface area contributed by atoms with Gasteiger partial charge in [0, 0.05) is 16.7 Å². The third-order valence-corrected chi connectivity index (χ3v) is 3.31. The van der Waals surface area contributed by atoms with E-state index in [-0.39, 0.29) is 6.61 Å². The van der Waals surface area contributed by atoms with Crippen LogP contribution in [0.15, 0.2) is 41.5 Å². The largest absolute Gasteiger partial charge is 0.868 e. The van der Waals surface area contributed by atoms with Crippen molar-refractivity contribution in [1.82, 2.24) is 5.43 Å². The number of aryl methyl sites for hydroxylation is 1. The number of hydrogen-bond donors (Lipinski definition) is 1. The molecule has 2 aromatic rings. The molecule has 0 unspecified atom stereocenters. The minimum absolute atomic E-state index is 0.264. The van der Waals surface area contributed by atoms with E-state index < -0.39 is 22.3 Å². The van der Waals surface area contributed by atoms with Crippen LogP contribution >= 0.6 is 11.6 Å². The Labute approximate surface area is 147 Å². The molecule has 0 heterocycles. The molecule has 0 spiro atoms. The van der Waals surface area contributed by atoms with Crippen molar-refractivity contribution in [3.63, 3.8) is 0 Å². The summed E-state index contributed by atoms with van der Waals surface area (Å²) in [6.07, 6.45) is 1.19. The normalized spacial score (nSPS) is 10.6. The molecule has 0 bridgehead atoms. The fraction of sp³-hybridized carbons (Fsp3) is 0.125. The number of nitro benzene ring substituents is 1. The quantitative estimate of drug-likeness (QED) is 0.480. The number of nitrogens with zero attached hydrogens (tertiary/aromatic N) is 2. The summed E-state index contributed by atoms with van der Waals surface area (Å²) in [5.74, 6) is -0.691. The number of halogens is 1. The zero-order valence-electron chi connectivity index (χ0n) is 13.1. The van der Waals surface area contributed by atoms with Crippen LogP contribution in [-0.2, 0) is 4.79 Å². The second kappa shape index (κ2) is 8.11. The average Bonchev–Trinajstić information content (AvgIpc) is 2.55. The van der Waals surface area contributed by atoms with Gasteiger partial charge in [0.25, 0.3) is 11.6 Å². The van der Waals surface area contributed by atoms with Crippen LogP contribution in [0.25, 0.3) is 0 Å². The lowest BCUT2D eigenvalue weighted by Crippen LogP contribution is -2.24. The van der Waals surface area contributed by atoms with Gasteiger partial charge in [0.1, 0.15) is 5.75 Å². The topological polar surface area (TPSA) is 117 Å². The van der Waals surface area contributed by atoms with Gasteiger partial charge in [0.2, 0.25) is 0 Å². The van der Waals surface area contributed by atoms with Crippen molar-refractivity contribution in [2.24, 2.45) is 5.10 Å². The number of hydrazone groups is 1. The maximum atomic E-state index is 11.7. The van der Waals surface area contributed by atoms with Crippen molar-refractivity contribution < 1.29 is 19.6 Å². The highest BCUT2D eigenvalue weighted by atomic mass is 35.5. The lowest BCUT2D eigenvalue weighted by atomic mass is 10.2. The van der Waals surface area contributed by atoms with Gasteiger partial charge in [-0.2, -0.15) is 5.10 Å². The van der Waals surface area contributed by atoms with Gasteiger partial charge in [-0.05, 0) is 36.4 Å². The minimum atomic E-state index is -0.777. The standard InChI is InChI=1S/C16H14ClN3O5/c1-10-6-12(17)3-5-15(10)25-9-16(22)19-18-8-11-2-4-14(21)13(7-11)20(23)24/h2-8,21H,9H2,1H3,(H,19,22)/p-1/b18-8-. The predicted molar refractivity (Wildman–Crippen MR) is 90.0 cm³/mol. The lowest BCUT2D eigenvalue weighted by molar-refractivity contribution is -0.398. The number of benzene rings is 2. The Bertz CT molecular complexity index is 839. The van der Waals surface area contributed by atoms with Gasteiger partial charge < -0.3 is 9.84 Å². The average molecular weight is 363 g/mol. The molecule has 9 heteroatoms. The number of amides is 1. The summed E-state index contributed by atoms with van der Waals surface area (Å²) in [7, 11) is 0. The highest BCUT2D eigenvalue weighted by molar-refractivity contribution is 6.30. The first kappa shape index (κ1) is 18.2. The molecule has 0 fully saturated rings. The van der Waals surface area contributed by atoms with Gasteiger partial charge in [-0.15, -0.1) is 0 Å². The van der Waals surface area contributed by atoms with E-state index in [1.54, 1.807) is 25.1 Å². The first-order valence-corrected chi connectivity index (χ1v) is 7.41. The van der Waals surface area contributed by atoms with Crippen LogP contribution in [0.3, 0.4) is 0 Å². The highest BCUT2D eigenvalue weighted by Gasteiger charge is 2.07. The van der Waals surface area contributed by atoms with Crippen molar-refractivity contribution in [2.75, 3.05) is 6.61 Å². The van der Waals surface area contributed by atoms with Gasteiger partial charge in [-0.3, -0.25) is 14.9 Å². The molecule has 130 valence electrons. The second-order valence-corrected chi connectivity index (χ2v) is 5.41. The van der Waals surface area contributed by atoms with Gasteiger partial charge in [-0.1, -0.05) is 23.7 Å². The molecule has 0 aliphatic rings. The molecule has 2 rings (SSSR count). The zero-order valence-corrected chi connectivity index (χ0v) is 13.8. The van der Waals surface area contributed by atoms with E-state index in [0.29, 0.717) is 16.3 Å². The SMILES string of the molecule is Cc1cc(Cl)ccc1OCC(=O)N/N=C\c1ccc([O-])c([N+](=O)[O-])c1. The van der Waals surface area contributed by atoms with Crippen LogP contribution in [0.2, 0.25) is 5.02 Å². The molecule has 1 amide bonds. The Hall–Kier alpha value is -3.13. The Balaban J connectivity index is 1.90. The first-order valence-electron chi connectivity index (χ1n) is 7.03. The van der Waals surface area contributed by atoms with E-state index in [0.717, 1.165) is 17.7 Å². The molecule has 8 nitrogen and oxygen atoms in total. The molecular weight excluding hydrogens is 350 g/mol. The summed E-state index contributed by atoms with van der Waals surface area (Å²) in [6, 6.07) is 8.50. The maximum Gasteiger partial charge on any atom is 0.277 e. The third kappa shape index (κ3) is 5.18.